The standard InChI is InChI=1S/C20H22N6O2S/c27-19(23-12-17-24-18(26-25-17)13-1-6-21-7-2-13)16-11-14-15(29-16)3-10-28-20(14)4-8-22-9-5-20/h1-2,6-7,11,22H,3-5,8-10,12H2,(H,23,27)(H,24,25,26). The summed E-state index contributed by atoms with van der Waals surface area (Å²) in [6.45, 7) is 2.92. The molecular weight excluding hydrogens is 388 g/mol. The molecule has 1 amide bonds. The minimum atomic E-state index is -0.224. The van der Waals surface area contributed by atoms with Gasteiger partial charge in [-0.15, -0.1) is 11.3 Å². The summed E-state index contributed by atoms with van der Waals surface area (Å²) in [5, 5.41) is 13.4. The van der Waals surface area contributed by atoms with Crippen molar-refractivity contribution >= 4 is 17.2 Å². The van der Waals surface area contributed by atoms with Crippen molar-refractivity contribution in [1.82, 2.24) is 30.8 Å². The maximum Gasteiger partial charge on any atom is 0.261 e. The number of ether oxygens (including phenoxy) is 1. The van der Waals surface area contributed by atoms with Gasteiger partial charge in [-0.2, -0.15) is 5.10 Å². The second-order valence-corrected chi connectivity index (χ2v) is 8.45. The summed E-state index contributed by atoms with van der Waals surface area (Å²) < 4.78 is 6.21. The van der Waals surface area contributed by atoms with Gasteiger partial charge in [-0.1, -0.05) is 0 Å². The number of pyridine rings is 1. The van der Waals surface area contributed by atoms with Crippen molar-refractivity contribution in [3.63, 3.8) is 0 Å². The van der Waals surface area contributed by atoms with E-state index in [9.17, 15) is 4.79 Å². The van der Waals surface area contributed by atoms with Crippen molar-refractivity contribution in [3.8, 4) is 11.4 Å². The van der Waals surface area contributed by atoms with E-state index in [1.54, 1.807) is 23.7 Å². The predicted molar refractivity (Wildman–Crippen MR) is 109 cm³/mol. The zero-order valence-electron chi connectivity index (χ0n) is 15.9. The molecule has 0 saturated carbocycles. The molecule has 9 heteroatoms. The highest BCUT2D eigenvalue weighted by molar-refractivity contribution is 7.14. The highest BCUT2D eigenvalue weighted by atomic mass is 32.1. The predicted octanol–water partition coefficient (Wildman–Crippen LogP) is 2.01. The average molecular weight is 411 g/mol. The highest BCUT2D eigenvalue weighted by Gasteiger charge is 2.40. The van der Waals surface area contributed by atoms with Crippen LogP contribution in [-0.2, 0) is 23.3 Å². The van der Waals surface area contributed by atoms with E-state index in [1.165, 1.54) is 10.4 Å². The summed E-state index contributed by atoms with van der Waals surface area (Å²) in [5.41, 5.74) is 1.87. The molecule has 3 N–H and O–H groups in total. The number of aromatic amines is 1. The van der Waals surface area contributed by atoms with Crippen molar-refractivity contribution < 1.29 is 9.53 Å². The largest absolute Gasteiger partial charge is 0.370 e. The number of thiophene rings is 1. The first kappa shape index (κ1) is 18.4. The first-order valence-corrected chi connectivity index (χ1v) is 10.6. The van der Waals surface area contributed by atoms with E-state index in [2.05, 4.69) is 30.8 Å². The second-order valence-electron chi connectivity index (χ2n) is 7.31. The van der Waals surface area contributed by atoms with E-state index in [-0.39, 0.29) is 11.5 Å². The molecule has 0 aliphatic carbocycles. The molecule has 0 atom stereocenters. The van der Waals surface area contributed by atoms with Crippen LogP contribution in [0.15, 0.2) is 30.6 Å². The number of nitrogens with one attached hydrogen (secondary N) is 3. The molecule has 1 saturated heterocycles. The Bertz CT molecular complexity index is 1010. The van der Waals surface area contributed by atoms with Crippen molar-refractivity contribution in [2.45, 2.75) is 31.4 Å². The van der Waals surface area contributed by atoms with Gasteiger partial charge in [-0.25, -0.2) is 4.98 Å². The second kappa shape index (κ2) is 7.66. The lowest BCUT2D eigenvalue weighted by Crippen LogP contribution is -2.44. The topological polar surface area (TPSA) is 105 Å². The molecule has 1 spiro atoms. The minimum Gasteiger partial charge on any atom is -0.370 e. The Labute approximate surface area is 172 Å². The van der Waals surface area contributed by atoms with Gasteiger partial charge in [0, 0.05) is 29.3 Å². The van der Waals surface area contributed by atoms with E-state index >= 15 is 0 Å². The van der Waals surface area contributed by atoms with Crippen LogP contribution in [0.4, 0.5) is 0 Å². The third-order valence-electron chi connectivity index (χ3n) is 5.53. The molecule has 0 bridgehead atoms. The smallest absolute Gasteiger partial charge is 0.261 e. The van der Waals surface area contributed by atoms with Crippen molar-refractivity contribution in [2.24, 2.45) is 0 Å². The number of carbonyl (C=O) groups is 1. The van der Waals surface area contributed by atoms with Gasteiger partial charge < -0.3 is 15.4 Å². The lowest BCUT2D eigenvalue weighted by molar-refractivity contribution is -0.0792. The number of fused-ring (bicyclic) bond motifs is 2. The van der Waals surface area contributed by atoms with E-state index in [0.29, 0.717) is 18.2 Å². The summed E-state index contributed by atoms with van der Waals surface area (Å²) >= 11 is 1.58. The Morgan fingerprint density at radius 1 is 1.28 bits per heavy atom. The van der Waals surface area contributed by atoms with Crippen molar-refractivity contribution in [1.29, 1.82) is 0 Å². The molecule has 29 heavy (non-hydrogen) atoms. The van der Waals surface area contributed by atoms with Gasteiger partial charge in [0.1, 0.15) is 5.82 Å². The lowest BCUT2D eigenvalue weighted by Gasteiger charge is -2.40. The van der Waals surface area contributed by atoms with Crippen LogP contribution in [0.1, 0.15) is 38.8 Å². The number of amides is 1. The van der Waals surface area contributed by atoms with Gasteiger partial charge in [0.25, 0.3) is 5.91 Å². The van der Waals surface area contributed by atoms with Gasteiger partial charge >= 0.3 is 0 Å². The molecule has 5 heterocycles. The number of rotatable bonds is 4. The summed E-state index contributed by atoms with van der Waals surface area (Å²) in [5.74, 6) is 1.12. The van der Waals surface area contributed by atoms with Crippen LogP contribution in [-0.4, -0.2) is 45.8 Å². The van der Waals surface area contributed by atoms with E-state index in [1.807, 2.05) is 18.2 Å². The van der Waals surface area contributed by atoms with E-state index in [0.717, 1.165) is 49.4 Å². The molecule has 0 radical (unpaired) electrons. The normalized spacial score (nSPS) is 17.8. The zero-order chi connectivity index (χ0) is 19.7. The molecule has 8 nitrogen and oxygen atoms in total. The number of carbonyl (C=O) groups excluding carboxylic acids is 1. The molecule has 0 unspecified atom stereocenters. The molecule has 2 aliphatic rings. The average Bonchev–Trinajstić information content (AvgIpc) is 3.42. The van der Waals surface area contributed by atoms with Crippen LogP contribution in [0.5, 0.6) is 0 Å². The Hall–Kier alpha value is -2.62. The van der Waals surface area contributed by atoms with Crippen LogP contribution in [0, 0.1) is 0 Å². The number of hydrogen-bond donors (Lipinski definition) is 3. The Morgan fingerprint density at radius 2 is 2.10 bits per heavy atom. The first-order chi connectivity index (χ1) is 14.2. The summed E-state index contributed by atoms with van der Waals surface area (Å²) in [6.07, 6.45) is 6.18. The van der Waals surface area contributed by atoms with Crippen LogP contribution >= 0.6 is 11.3 Å². The fourth-order valence-electron chi connectivity index (χ4n) is 4.03. The monoisotopic (exact) mass is 410 g/mol. The number of piperidine rings is 1. The third-order valence-corrected chi connectivity index (χ3v) is 6.72. The zero-order valence-corrected chi connectivity index (χ0v) is 16.7. The Balaban J connectivity index is 1.28. The number of hydrogen-bond acceptors (Lipinski definition) is 7. The van der Waals surface area contributed by atoms with Crippen LogP contribution in [0.3, 0.4) is 0 Å². The SMILES string of the molecule is O=C(NCc1nc(-c2ccncc2)n[nH]1)c1cc2c(s1)CCOC21CCNCC1. The maximum absolute atomic E-state index is 12.8. The number of nitrogens with zero attached hydrogens (tertiary/aromatic N) is 3. The molecule has 0 aromatic carbocycles. The fourth-order valence-corrected chi connectivity index (χ4v) is 5.18. The molecule has 150 valence electrons. The summed E-state index contributed by atoms with van der Waals surface area (Å²) in [6, 6.07) is 5.73. The van der Waals surface area contributed by atoms with Gasteiger partial charge in [0.2, 0.25) is 0 Å². The van der Waals surface area contributed by atoms with Crippen LogP contribution < -0.4 is 10.6 Å². The first-order valence-electron chi connectivity index (χ1n) is 9.81. The fraction of sp³-hybridized carbons (Fsp3) is 0.400. The van der Waals surface area contributed by atoms with E-state index in [4.69, 9.17) is 4.74 Å². The molecule has 3 aromatic heterocycles. The quantitative estimate of drug-likeness (QED) is 0.608. The minimum absolute atomic E-state index is 0.0876. The van der Waals surface area contributed by atoms with Crippen LogP contribution in [0.2, 0.25) is 0 Å². The van der Waals surface area contributed by atoms with Gasteiger partial charge in [-0.3, -0.25) is 14.9 Å². The molecule has 5 rings (SSSR count). The molecule has 1 fully saturated rings. The number of H-pyrrole nitrogens is 1. The van der Waals surface area contributed by atoms with Gasteiger partial charge in [-0.05, 0) is 49.7 Å². The van der Waals surface area contributed by atoms with Crippen LogP contribution in [0.25, 0.3) is 11.4 Å². The van der Waals surface area contributed by atoms with E-state index < -0.39 is 0 Å². The Morgan fingerprint density at radius 3 is 2.93 bits per heavy atom. The highest BCUT2D eigenvalue weighted by Crippen LogP contribution is 2.43. The molecule has 2 aliphatic heterocycles. The van der Waals surface area contributed by atoms with Crippen molar-refractivity contribution in [3.05, 3.63) is 51.7 Å². The Kier molecular flexibility index (Phi) is 4.86. The summed E-state index contributed by atoms with van der Waals surface area (Å²) in [7, 11) is 0. The molecule has 3 aromatic rings. The summed E-state index contributed by atoms with van der Waals surface area (Å²) in [4.78, 5) is 23.2. The lowest BCUT2D eigenvalue weighted by atomic mass is 9.83. The molecular formula is C20H22N6O2S. The van der Waals surface area contributed by atoms with Crippen molar-refractivity contribution in [2.75, 3.05) is 19.7 Å². The van der Waals surface area contributed by atoms with Gasteiger partial charge in [0.05, 0.1) is 23.6 Å². The third kappa shape index (κ3) is 3.57. The number of aromatic nitrogens is 4. The maximum atomic E-state index is 12.8. The van der Waals surface area contributed by atoms with Gasteiger partial charge in [0.15, 0.2) is 5.82 Å².